The molecule has 1 N–H and O–H groups in total. The molecule has 0 unspecified atom stereocenters. The minimum absolute atomic E-state index is 0.0213. The molecule has 0 aliphatic carbocycles. The van der Waals surface area contributed by atoms with Crippen molar-refractivity contribution in [2.75, 3.05) is 6.26 Å². The van der Waals surface area contributed by atoms with Crippen molar-refractivity contribution in [3.05, 3.63) is 57.5 Å². The second-order valence-corrected chi connectivity index (χ2v) is 10.3. The molecule has 0 aromatic heterocycles. The maximum atomic E-state index is 12.5. The molecule has 5 nitrogen and oxygen atoms in total. The summed E-state index contributed by atoms with van der Waals surface area (Å²) in [4.78, 5) is 0.157. The van der Waals surface area contributed by atoms with Crippen molar-refractivity contribution in [1.82, 2.24) is 4.72 Å². The Kier molecular flexibility index (Phi) is 5.76. The Morgan fingerprint density at radius 2 is 1.62 bits per heavy atom. The van der Waals surface area contributed by atoms with E-state index in [-0.39, 0.29) is 14.8 Å². The lowest BCUT2D eigenvalue weighted by molar-refractivity contribution is 0.566. The van der Waals surface area contributed by atoms with Gasteiger partial charge in [-0.3, -0.25) is 0 Å². The number of rotatable bonds is 5. The average molecular weight is 453 g/mol. The van der Waals surface area contributed by atoms with Crippen molar-refractivity contribution < 1.29 is 16.8 Å². The van der Waals surface area contributed by atoms with Crippen molar-refractivity contribution in [1.29, 1.82) is 0 Å². The van der Waals surface area contributed by atoms with Gasteiger partial charge in [-0.25, -0.2) is 21.6 Å². The van der Waals surface area contributed by atoms with Crippen LogP contribution in [0.4, 0.5) is 0 Å². The first-order valence-corrected chi connectivity index (χ1v) is 11.3. The molecule has 2 rings (SSSR count). The highest BCUT2D eigenvalue weighted by Crippen LogP contribution is 2.26. The predicted molar refractivity (Wildman–Crippen MR) is 97.4 cm³/mol. The molecule has 1 atom stereocenters. The summed E-state index contributed by atoms with van der Waals surface area (Å²) in [7, 11) is -7.11. The largest absolute Gasteiger partial charge is 0.242 e. The van der Waals surface area contributed by atoms with Gasteiger partial charge in [-0.1, -0.05) is 39.7 Å². The molecule has 2 aromatic carbocycles. The Hall–Kier alpha value is -0.930. The predicted octanol–water partition coefficient (Wildman–Crippen LogP) is 3.55. The summed E-state index contributed by atoms with van der Waals surface area (Å²) in [6.45, 7) is 1.67. The molecule has 0 amide bonds. The number of benzene rings is 2. The Bertz CT molecular complexity index is 957. The third kappa shape index (κ3) is 4.58. The van der Waals surface area contributed by atoms with Crippen LogP contribution >= 0.6 is 27.5 Å². The highest BCUT2D eigenvalue weighted by atomic mass is 79.9. The normalized spacial score (nSPS) is 13.7. The summed E-state index contributed by atoms with van der Waals surface area (Å²) >= 11 is 9.22. The second kappa shape index (κ2) is 7.13. The lowest BCUT2D eigenvalue weighted by atomic mass is 10.1. The van der Waals surface area contributed by atoms with Gasteiger partial charge < -0.3 is 0 Å². The topological polar surface area (TPSA) is 80.3 Å². The van der Waals surface area contributed by atoms with E-state index in [0.29, 0.717) is 10.0 Å². The second-order valence-electron chi connectivity index (χ2n) is 5.26. The van der Waals surface area contributed by atoms with Crippen LogP contribution in [0.1, 0.15) is 18.5 Å². The Balaban J connectivity index is 2.26. The minimum Gasteiger partial charge on any atom is -0.224 e. The number of sulfone groups is 1. The first-order valence-electron chi connectivity index (χ1n) is 6.78. The number of sulfonamides is 1. The summed E-state index contributed by atoms with van der Waals surface area (Å²) in [5, 5.41) is 0.108. The molecule has 130 valence electrons. The monoisotopic (exact) mass is 451 g/mol. The highest BCUT2D eigenvalue weighted by molar-refractivity contribution is 9.10. The van der Waals surface area contributed by atoms with E-state index < -0.39 is 25.9 Å². The number of hydrogen-bond donors (Lipinski definition) is 1. The first-order chi connectivity index (χ1) is 11.0. The van der Waals surface area contributed by atoms with Crippen LogP contribution < -0.4 is 4.72 Å². The van der Waals surface area contributed by atoms with Crippen LogP contribution in [-0.2, 0) is 19.9 Å². The summed E-state index contributed by atoms with van der Waals surface area (Å²) in [5.41, 5.74) is 0.638. The maximum Gasteiger partial charge on any atom is 0.242 e. The minimum atomic E-state index is -3.81. The zero-order valence-electron chi connectivity index (χ0n) is 12.8. The fourth-order valence-corrected chi connectivity index (χ4v) is 4.96. The van der Waals surface area contributed by atoms with E-state index in [4.69, 9.17) is 11.6 Å². The first kappa shape index (κ1) is 19.4. The van der Waals surface area contributed by atoms with Crippen molar-refractivity contribution >= 4 is 47.4 Å². The quantitative estimate of drug-likeness (QED) is 0.752. The molecule has 2 aromatic rings. The van der Waals surface area contributed by atoms with Crippen molar-refractivity contribution in [2.45, 2.75) is 22.8 Å². The van der Waals surface area contributed by atoms with E-state index in [2.05, 4.69) is 20.7 Å². The number of hydrogen-bond acceptors (Lipinski definition) is 4. The molecular formula is C15H15BrClNO4S2. The van der Waals surface area contributed by atoms with E-state index in [0.717, 1.165) is 6.26 Å². The van der Waals surface area contributed by atoms with Crippen LogP contribution in [0.25, 0.3) is 0 Å². The fraction of sp³-hybridized carbons (Fsp3) is 0.200. The maximum absolute atomic E-state index is 12.5. The van der Waals surface area contributed by atoms with E-state index in [9.17, 15) is 16.8 Å². The third-order valence-corrected chi connectivity index (χ3v) is 6.97. The smallest absolute Gasteiger partial charge is 0.224 e. The molecular weight excluding hydrogens is 438 g/mol. The summed E-state index contributed by atoms with van der Waals surface area (Å²) < 4.78 is 51.1. The van der Waals surface area contributed by atoms with Crippen LogP contribution in [-0.4, -0.2) is 23.1 Å². The molecule has 0 saturated heterocycles. The van der Waals surface area contributed by atoms with Crippen molar-refractivity contribution in [3.8, 4) is 0 Å². The molecule has 0 bridgehead atoms. The van der Waals surface area contributed by atoms with Gasteiger partial charge in [-0.15, -0.1) is 0 Å². The number of halogens is 2. The standard InChI is InChI=1S/C15H15BrClNO4S2/c1-10(11-3-6-13(7-4-11)23(2,19)20)18-24(21,22)15-8-5-12(16)9-14(15)17/h3-10,18H,1-2H3/t10-/m0/s1. The van der Waals surface area contributed by atoms with Crippen LogP contribution in [0.2, 0.25) is 5.02 Å². The zero-order chi connectivity index (χ0) is 18.1. The molecule has 0 aliphatic rings. The highest BCUT2D eigenvalue weighted by Gasteiger charge is 2.21. The molecule has 0 heterocycles. The van der Waals surface area contributed by atoms with Gasteiger partial charge in [0, 0.05) is 16.8 Å². The fourth-order valence-electron chi connectivity index (χ4n) is 2.06. The van der Waals surface area contributed by atoms with Crippen LogP contribution in [0.3, 0.4) is 0 Å². The lowest BCUT2D eigenvalue weighted by Gasteiger charge is -2.16. The summed E-state index contributed by atoms with van der Waals surface area (Å²) in [6, 6.07) is 9.99. The van der Waals surface area contributed by atoms with Gasteiger partial charge in [0.05, 0.1) is 9.92 Å². The Morgan fingerprint density at radius 1 is 1.04 bits per heavy atom. The molecule has 0 spiro atoms. The van der Waals surface area contributed by atoms with Gasteiger partial charge >= 0.3 is 0 Å². The molecule has 0 aliphatic heterocycles. The lowest BCUT2D eigenvalue weighted by Crippen LogP contribution is -2.27. The van der Waals surface area contributed by atoms with Crippen LogP contribution in [0.15, 0.2) is 56.7 Å². The molecule has 0 fully saturated rings. The van der Waals surface area contributed by atoms with E-state index in [1.165, 1.54) is 24.3 Å². The Morgan fingerprint density at radius 3 is 2.12 bits per heavy atom. The molecule has 24 heavy (non-hydrogen) atoms. The zero-order valence-corrected chi connectivity index (χ0v) is 16.8. The van der Waals surface area contributed by atoms with Gasteiger partial charge in [-0.2, -0.15) is 0 Å². The average Bonchev–Trinajstić information content (AvgIpc) is 2.45. The number of nitrogens with one attached hydrogen (secondary N) is 1. The molecule has 9 heteroatoms. The van der Waals surface area contributed by atoms with Crippen LogP contribution in [0, 0.1) is 0 Å². The third-order valence-electron chi connectivity index (χ3n) is 3.32. The van der Waals surface area contributed by atoms with E-state index in [1.807, 2.05) is 0 Å². The summed E-state index contributed by atoms with van der Waals surface area (Å²) in [5.74, 6) is 0. The van der Waals surface area contributed by atoms with E-state index >= 15 is 0 Å². The molecule has 0 radical (unpaired) electrons. The summed E-state index contributed by atoms with van der Waals surface area (Å²) in [6.07, 6.45) is 1.11. The van der Waals surface area contributed by atoms with Gasteiger partial charge in [-0.05, 0) is 42.8 Å². The van der Waals surface area contributed by atoms with Crippen molar-refractivity contribution in [3.63, 3.8) is 0 Å². The van der Waals surface area contributed by atoms with Gasteiger partial charge in [0.15, 0.2) is 9.84 Å². The van der Waals surface area contributed by atoms with Crippen molar-refractivity contribution in [2.24, 2.45) is 0 Å². The van der Waals surface area contributed by atoms with Gasteiger partial charge in [0.2, 0.25) is 10.0 Å². The molecule has 0 saturated carbocycles. The van der Waals surface area contributed by atoms with Crippen LogP contribution in [0.5, 0.6) is 0 Å². The SMILES string of the molecule is C[C@H](NS(=O)(=O)c1ccc(Br)cc1Cl)c1ccc(S(C)(=O)=O)cc1. The Labute approximate surface area is 155 Å². The van der Waals surface area contributed by atoms with Gasteiger partial charge in [0.1, 0.15) is 4.90 Å². The van der Waals surface area contributed by atoms with Gasteiger partial charge in [0.25, 0.3) is 0 Å². The van der Waals surface area contributed by atoms with E-state index in [1.54, 1.807) is 25.1 Å².